The Morgan fingerprint density at radius 1 is 1.43 bits per heavy atom. The highest BCUT2D eigenvalue weighted by Crippen LogP contribution is 2.05. The van der Waals surface area contributed by atoms with E-state index in [1.807, 2.05) is 13.8 Å². The SMILES string of the molecule is CC(C)n1ncc2ncn(C)c2c1=O. The summed E-state index contributed by atoms with van der Waals surface area (Å²) in [5.74, 6) is 0. The number of hydrogen-bond donors (Lipinski definition) is 0. The second-order valence-electron chi connectivity index (χ2n) is 3.58. The van der Waals surface area contributed by atoms with Crippen LogP contribution in [-0.2, 0) is 7.05 Å². The topological polar surface area (TPSA) is 52.7 Å². The Bertz CT molecular complexity index is 523. The van der Waals surface area contributed by atoms with Gasteiger partial charge in [0.25, 0.3) is 5.56 Å². The van der Waals surface area contributed by atoms with Gasteiger partial charge in [0.1, 0.15) is 11.0 Å². The molecular formula is C9H12N4O. The van der Waals surface area contributed by atoms with Gasteiger partial charge in [0.2, 0.25) is 0 Å². The molecule has 0 aliphatic rings. The predicted octanol–water partition coefficient (Wildman–Crippen LogP) is 0.711. The summed E-state index contributed by atoms with van der Waals surface area (Å²) in [5, 5.41) is 4.05. The van der Waals surface area contributed by atoms with E-state index in [0.29, 0.717) is 11.0 Å². The summed E-state index contributed by atoms with van der Waals surface area (Å²) in [6, 6.07) is 0.0711. The highest BCUT2D eigenvalue weighted by Gasteiger charge is 2.09. The summed E-state index contributed by atoms with van der Waals surface area (Å²) in [6.45, 7) is 3.85. The van der Waals surface area contributed by atoms with Gasteiger partial charge in [0.05, 0.1) is 18.6 Å². The molecule has 5 nitrogen and oxygen atoms in total. The summed E-state index contributed by atoms with van der Waals surface area (Å²) in [6.07, 6.45) is 3.25. The van der Waals surface area contributed by atoms with Gasteiger partial charge >= 0.3 is 0 Å². The van der Waals surface area contributed by atoms with Crippen LogP contribution in [0.15, 0.2) is 17.3 Å². The third kappa shape index (κ3) is 1.13. The van der Waals surface area contributed by atoms with Gasteiger partial charge in [-0.15, -0.1) is 0 Å². The number of rotatable bonds is 1. The number of aryl methyl sites for hydroxylation is 1. The van der Waals surface area contributed by atoms with Crippen molar-refractivity contribution in [1.29, 1.82) is 0 Å². The average Bonchev–Trinajstić information content (AvgIpc) is 2.48. The van der Waals surface area contributed by atoms with Crippen LogP contribution in [0.25, 0.3) is 11.0 Å². The van der Waals surface area contributed by atoms with E-state index in [9.17, 15) is 4.79 Å². The molecule has 0 atom stereocenters. The number of imidazole rings is 1. The standard InChI is InChI=1S/C9H12N4O/c1-6(2)13-9(14)8-7(4-11-13)10-5-12(8)3/h4-6H,1-3H3. The van der Waals surface area contributed by atoms with Gasteiger partial charge in [-0.2, -0.15) is 5.10 Å². The van der Waals surface area contributed by atoms with Gasteiger partial charge in [-0.05, 0) is 13.8 Å². The molecule has 2 heterocycles. The first-order chi connectivity index (χ1) is 6.61. The molecule has 0 bridgehead atoms. The van der Waals surface area contributed by atoms with Crippen LogP contribution in [-0.4, -0.2) is 19.3 Å². The lowest BCUT2D eigenvalue weighted by Gasteiger charge is -2.07. The van der Waals surface area contributed by atoms with Gasteiger partial charge in [-0.1, -0.05) is 0 Å². The molecule has 0 unspecified atom stereocenters. The molecule has 0 spiro atoms. The maximum atomic E-state index is 11.9. The summed E-state index contributed by atoms with van der Waals surface area (Å²) in [5.41, 5.74) is 1.17. The minimum atomic E-state index is -0.0856. The lowest BCUT2D eigenvalue weighted by molar-refractivity contribution is 0.506. The molecule has 0 radical (unpaired) electrons. The van der Waals surface area contributed by atoms with E-state index in [4.69, 9.17) is 0 Å². The number of nitrogens with zero attached hydrogens (tertiary/aromatic N) is 4. The quantitative estimate of drug-likeness (QED) is 0.668. The maximum Gasteiger partial charge on any atom is 0.293 e. The minimum absolute atomic E-state index is 0.0711. The average molecular weight is 192 g/mol. The van der Waals surface area contributed by atoms with E-state index < -0.39 is 0 Å². The van der Waals surface area contributed by atoms with Gasteiger partial charge < -0.3 is 4.57 Å². The highest BCUT2D eigenvalue weighted by atomic mass is 16.1. The Labute approximate surface area is 81.0 Å². The fourth-order valence-electron chi connectivity index (χ4n) is 1.45. The molecule has 0 aliphatic heterocycles. The minimum Gasteiger partial charge on any atom is -0.329 e. The molecule has 14 heavy (non-hydrogen) atoms. The normalized spacial score (nSPS) is 11.4. The molecule has 2 rings (SSSR count). The third-order valence-electron chi connectivity index (χ3n) is 2.17. The second kappa shape index (κ2) is 2.94. The van der Waals surface area contributed by atoms with Crippen LogP contribution >= 0.6 is 0 Å². The fraction of sp³-hybridized carbons (Fsp3) is 0.444. The number of fused-ring (bicyclic) bond motifs is 1. The van der Waals surface area contributed by atoms with Crippen molar-refractivity contribution >= 4 is 11.0 Å². The van der Waals surface area contributed by atoms with Crippen molar-refractivity contribution in [3.8, 4) is 0 Å². The van der Waals surface area contributed by atoms with Crippen LogP contribution in [0.4, 0.5) is 0 Å². The first-order valence-electron chi connectivity index (χ1n) is 4.50. The van der Waals surface area contributed by atoms with Crippen molar-refractivity contribution in [2.75, 3.05) is 0 Å². The lowest BCUT2D eigenvalue weighted by atomic mass is 10.4. The first kappa shape index (κ1) is 8.93. The van der Waals surface area contributed by atoms with Crippen LogP contribution in [0.1, 0.15) is 19.9 Å². The molecule has 0 saturated carbocycles. The zero-order valence-corrected chi connectivity index (χ0v) is 8.43. The van der Waals surface area contributed by atoms with Gasteiger partial charge in [-0.3, -0.25) is 4.79 Å². The van der Waals surface area contributed by atoms with Crippen molar-refractivity contribution in [2.24, 2.45) is 7.05 Å². The van der Waals surface area contributed by atoms with E-state index in [2.05, 4.69) is 10.1 Å². The Balaban J connectivity index is 2.86. The number of hydrogen-bond acceptors (Lipinski definition) is 3. The molecule has 0 saturated heterocycles. The van der Waals surface area contributed by atoms with Crippen molar-refractivity contribution in [1.82, 2.24) is 19.3 Å². The summed E-state index contributed by atoms with van der Waals surface area (Å²) in [4.78, 5) is 16.0. The van der Waals surface area contributed by atoms with Crippen molar-refractivity contribution in [3.63, 3.8) is 0 Å². The van der Waals surface area contributed by atoms with E-state index in [1.165, 1.54) is 4.68 Å². The highest BCUT2D eigenvalue weighted by molar-refractivity contribution is 5.72. The monoisotopic (exact) mass is 192 g/mol. The Kier molecular flexibility index (Phi) is 1.87. The van der Waals surface area contributed by atoms with Gasteiger partial charge in [-0.25, -0.2) is 9.67 Å². The molecular weight excluding hydrogens is 180 g/mol. The second-order valence-corrected chi connectivity index (χ2v) is 3.58. The largest absolute Gasteiger partial charge is 0.329 e. The van der Waals surface area contributed by atoms with Crippen LogP contribution in [0.5, 0.6) is 0 Å². The van der Waals surface area contributed by atoms with E-state index in [-0.39, 0.29) is 11.6 Å². The summed E-state index contributed by atoms with van der Waals surface area (Å²) >= 11 is 0. The van der Waals surface area contributed by atoms with Crippen LogP contribution in [0, 0.1) is 0 Å². The van der Waals surface area contributed by atoms with Crippen molar-refractivity contribution in [3.05, 3.63) is 22.9 Å². The predicted molar refractivity (Wildman–Crippen MR) is 53.2 cm³/mol. The molecule has 0 aliphatic carbocycles. The Morgan fingerprint density at radius 2 is 2.14 bits per heavy atom. The Hall–Kier alpha value is -1.65. The third-order valence-corrected chi connectivity index (χ3v) is 2.17. The van der Waals surface area contributed by atoms with Gasteiger partial charge in [0, 0.05) is 7.05 Å². The van der Waals surface area contributed by atoms with E-state index in [1.54, 1.807) is 24.1 Å². The molecule has 0 aromatic carbocycles. The first-order valence-corrected chi connectivity index (χ1v) is 4.50. The molecule has 0 amide bonds. The zero-order chi connectivity index (χ0) is 10.3. The molecule has 74 valence electrons. The smallest absolute Gasteiger partial charge is 0.293 e. The maximum absolute atomic E-state index is 11.9. The van der Waals surface area contributed by atoms with Crippen LogP contribution in [0.3, 0.4) is 0 Å². The van der Waals surface area contributed by atoms with Crippen LogP contribution < -0.4 is 5.56 Å². The zero-order valence-electron chi connectivity index (χ0n) is 8.43. The van der Waals surface area contributed by atoms with Gasteiger partial charge in [0.15, 0.2) is 0 Å². The molecule has 0 fully saturated rings. The van der Waals surface area contributed by atoms with Crippen molar-refractivity contribution < 1.29 is 0 Å². The molecule has 0 N–H and O–H groups in total. The summed E-state index contributed by atoms with van der Waals surface area (Å²) < 4.78 is 3.18. The van der Waals surface area contributed by atoms with E-state index in [0.717, 1.165) is 0 Å². The van der Waals surface area contributed by atoms with Crippen LogP contribution in [0.2, 0.25) is 0 Å². The lowest BCUT2D eigenvalue weighted by Crippen LogP contribution is -2.25. The molecule has 5 heteroatoms. The fourth-order valence-corrected chi connectivity index (χ4v) is 1.45. The molecule has 2 aromatic heterocycles. The van der Waals surface area contributed by atoms with Crippen molar-refractivity contribution in [2.45, 2.75) is 19.9 Å². The Morgan fingerprint density at radius 3 is 2.79 bits per heavy atom. The molecule has 2 aromatic rings. The number of aromatic nitrogens is 4. The summed E-state index contributed by atoms with van der Waals surface area (Å²) in [7, 11) is 1.81. The van der Waals surface area contributed by atoms with E-state index >= 15 is 0 Å².